The van der Waals surface area contributed by atoms with Crippen molar-refractivity contribution in [2.75, 3.05) is 43.1 Å². The van der Waals surface area contributed by atoms with E-state index < -0.39 is 0 Å². The van der Waals surface area contributed by atoms with Crippen LogP contribution in [-0.4, -0.2) is 38.8 Å². The fourth-order valence-corrected chi connectivity index (χ4v) is 3.31. The number of benzene rings is 2. The van der Waals surface area contributed by atoms with Crippen molar-refractivity contribution in [3.05, 3.63) is 53.6 Å². The molecule has 5 heteroatoms. The van der Waals surface area contributed by atoms with Gasteiger partial charge in [0.15, 0.2) is 6.61 Å². The van der Waals surface area contributed by atoms with Crippen LogP contribution in [-0.2, 0) is 9.53 Å². The number of carbonyl (C=O) groups is 1. The lowest BCUT2D eigenvalue weighted by atomic mass is 9.98. The summed E-state index contributed by atoms with van der Waals surface area (Å²) >= 11 is 0. The molecule has 0 bridgehead atoms. The van der Waals surface area contributed by atoms with Gasteiger partial charge in [-0.05, 0) is 60.4 Å². The summed E-state index contributed by atoms with van der Waals surface area (Å²) in [5.41, 5.74) is 4.40. The second-order valence-corrected chi connectivity index (χ2v) is 7.16. The lowest BCUT2D eigenvalue weighted by Crippen LogP contribution is -2.36. The minimum atomic E-state index is -0.167. The Labute approximate surface area is 161 Å². The Bertz CT molecular complexity index is 766. The standard InChI is InChI=1S/C22H28N2O3/c1-16(2)21-9-8-20(14-17(21)3)27-15-22(25)23-18-4-6-19(7-5-18)24-10-12-26-13-11-24/h4-9,14,16H,10-13,15H2,1-3H3,(H,23,25). The predicted octanol–water partition coefficient (Wildman–Crippen LogP) is 3.97. The third-order valence-corrected chi connectivity index (χ3v) is 4.76. The van der Waals surface area contributed by atoms with E-state index in [0.717, 1.165) is 43.4 Å². The van der Waals surface area contributed by atoms with E-state index in [1.807, 2.05) is 36.4 Å². The van der Waals surface area contributed by atoms with Gasteiger partial charge in [0.25, 0.3) is 5.91 Å². The Kier molecular flexibility index (Phi) is 6.35. The first-order chi connectivity index (χ1) is 13.0. The zero-order chi connectivity index (χ0) is 19.2. The summed E-state index contributed by atoms with van der Waals surface area (Å²) in [6, 6.07) is 13.9. The number of hydrogen-bond acceptors (Lipinski definition) is 4. The topological polar surface area (TPSA) is 50.8 Å². The highest BCUT2D eigenvalue weighted by Gasteiger charge is 2.11. The molecule has 1 saturated heterocycles. The minimum Gasteiger partial charge on any atom is -0.484 e. The molecule has 0 aromatic heterocycles. The monoisotopic (exact) mass is 368 g/mol. The number of carbonyl (C=O) groups excluding carboxylic acids is 1. The summed E-state index contributed by atoms with van der Waals surface area (Å²) in [4.78, 5) is 14.4. The summed E-state index contributed by atoms with van der Waals surface area (Å²) in [6.07, 6.45) is 0. The van der Waals surface area contributed by atoms with Crippen LogP contribution in [0.5, 0.6) is 5.75 Å². The van der Waals surface area contributed by atoms with Crippen molar-refractivity contribution >= 4 is 17.3 Å². The zero-order valence-corrected chi connectivity index (χ0v) is 16.3. The van der Waals surface area contributed by atoms with E-state index in [4.69, 9.17) is 9.47 Å². The molecule has 1 fully saturated rings. The molecule has 0 radical (unpaired) electrons. The second kappa shape index (κ2) is 8.91. The molecule has 0 atom stereocenters. The second-order valence-electron chi connectivity index (χ2n) is 7.16. The summed E-state index contributed by atoms with van der Waals surface area (Å²) in [5, 5.41) is 2.88. The molecular weight excluding hydrogens is 340 g/mol. The number of anilines is 2. The van der Waals surface area contributed by atoms with E-state index in [-0.39, 0.29) is 12.5 Å². The third-order valence-electron chi connectivity index (χ3n) is 4.76. The summed E-state index contributed by atoms with van der Waals surface area (Å²) in [7, 11) is 0. The van der Waals surface area contributed by atoms with Gasteiger partial charge in [-0.1, -0.05) is 19.9 Å². The molecule has 1 amide bonds. The Hall–Kier alpha value is -2.53. The molecular formula is C22H28N2O3. The molecule has 1 aliphatic rings. The van der Waals surface area contributed by atoms with Crippen LogP contribution in [0.15, 0.2) is 42.5 Å². The fourth-order valence-electron chi connectivity index (χ4n) is 3.31. The number of nitrogens with one attached hydrogen (secondary N) is 1. The Morgan fingerprint density at radius 3 is 2.48 bits per heavy atom. The molecule has 5 nitrogen and oxygen atoms in total. The highest BCUT2D eigenvalue weighted by atomic mass is 16.5. The van der Waals surface area contributed by atoms with Crippen LogP contribution in [0.4, 0.5) is 11.4 Å². The third kappa shape index (κ3) is 5.23. The fraction of sp³-hybridized carbons (Fsp3) is 0.409. The molecule has 0 unspecified atom stereocenters. The van der Waals surface area contributed by atoms with Crippen LogP contribution in [0.3, 0.4) is 0 Å². The molecule has 1 N–H and O–H groups in total. The Balaban J connectivity index is 1.51. The molecule has 2 aromatic carbocycles. The lowest BCUT2D eigenvalue weighted by molar-refractivity contribution is -0.118. The summed E-state index contributed by atoms with van der Waals surface area (Å²) in [5.74, 6) is 1.03. The maximum absolute atomic E-state index is 12.2. The lowest BCUT2D eigenvalue weighted by Gasteiger charge is -2.28. The van der Waals surface area contributed by atoms with Crippen molar-refractivity contribution in [2.45, 2.75) is 26.7 Å². The van der Waals surface area contributed by atoms with E-state index in [0.29, 0.717) is 5.92 Å². The van der Waals surface area contributed by atoms with Gasteiger partial charge in [-0.3, -0.25) is 4.79 Å². The molecule has 144 valence electrons. The van der Waals surface area contributed by atoms with Gasteiger partial charge in [0.05, 0.1) is 13.2 Å². The van der Waals surface area contributed by atoms with Gasteiger partial charge in [-0.2, -0.15) is 0 Å². The van der Waals surface area contributed by atoms with Crippen LogP contribution in [0, 0.1) is 6.92 Å². The van der Waals surface area contributed by atoms with E-state index in [1.165, 1.54) is 11.1 Å². The van der Waals surface area contributed by atoms with Crippen LogP contribution >= 0.6 is 0 Å². The first-order valence-corrected chi connectivity index (χ1v) is 9.49. The summed E-state index contributed by atoms with van der Waals surface area (Å²) in [6.45, 7) is 9.70. The number of aryl methyl sites for hydroxylation is 1. The predicted molar refractivity (Wildman–Crippen MR) is 109 cm³/mol. The van der Waals surface area contributed by atoms with E-state index in [2.05, 4.69) is 37.1 Å². The number of hydrogen-bond donors (Lipinski definition) is 1. The zero-order valence-electron chi connectivity index (χ0n) is 16.3. The number of morpholine rings is 1. The van der Waals surface area contributed by atoms with Crippen molar-refractivity contribution in [3.8, 4) is 5.75 Å². The highest BCUT2D eigenvalue weighted by Crippen LogP contribution is 2.23. The molecule has 27 heavy (non-hydrogen) atoms. The van der Waals surface area contributed by atoms with Gasteiger partial charge in [0.2, 0.25) is 0 Å². The van der Waals surface area contributed by atoms with Gasteiger partial charge in [-0.15, -0.1) is 0 Å². The maximum Gasteiger partial charge on any atom is 0.262 e. The highest BCUT2D eigenvalue weighted by molar-refractivity contribution is 5.92. The molecule has 0 spiro atoms. The molecule has 0 aliphatic carbocycles. The van der Waals surface area contributed by atoms with Gasteiger partial charge >= 0.3 is 0 Å². The quantitative estimate of drug-likeness (QED) is 0.838. The number of nitrogens with zero attached hydrogens (tertiary/aromatic N) is 1. The van der Waals surface area contributed by atoms with E-state index >= 15 is 0 Å². The van der Waals surface area contributed by atoms with Crippen molar-refractivity contribution in [1.29, 1.82) is 0 Å². The molecule has 1 heterocycles. The van der Waals surface area contributed by atoms with Crippen molar-refractivity contribution in [2.24, 2.45) is 0 Å². The van der Waals surface area contributed by atoms with Crippen LogP contribution in [0.2, 0.25) is 0 Å². The minimum absolute atomic E-state index is 0.00825. The number of amides is 1. The van der Waals surface area contributed by atoms with E-state index in [9.17, 15) is 4.79 Å². The van der Waals surface area contributed by atoms with Gasteiger partial charge in [0, 0.05) is 24.5 Å². The van der Waals surface area contributed by atoms with Crippen molar-refractivity contribution in [3.63, 3.8) is 0 Å². The van der Waals surface area contributed by atoms with Gasteiger partial charge < -0.3 is 19.7 Å². The molecule has 2 aromatic rings. The van der Waals surface area contributed by atoms with Gasteiger partial charge in [-0.25, -0.2) is 0 Å². The maximum atomic E-state index is 12.2. The first-order valence-electron chi connectivity index (χ1n) is 9.49. The largest absolute Gasteiger partial charge is 0.484 e. The Morgan fingerprint density at radius 2 is 1.85 bits per heavy atom. The van der Waals surface area contributed by atoms with Gasteiger partial charge in [0.1, 0.15) is 5.75 Å². The smallest absolute Gasteiger partial charge is 0.262 e. The average molecular weight is 368 g/mol. The van der Waals surface area contributed by atoms with Crippen molar-refractivity contribution < 1.29 is 14.3 Å². The van der Waals surface area contributed by atoms with Crippen molar-refractivity contribution in [1.82, 2.24) is 0 Å². The molecule has 1 aliphatic heterocycles. The van der Waals surface area contributed by atoms with Crippen LogP contribution < -0.4 is 15.0 Å². The number of ether oxygens (including phenoxy) is 2. The molecule has 3 rings (SSSR count). The summed E-state index contributed by atoms with van der Waals surface area (Å²) < 4.78 is 11.0. The van der Waals surface area contributed by atoms with E-state index in [1.54, 1.807) is 0 Å². The van der Waals surface area contributed by atoms with Crippen LogP contribution in [0.25, 0.3) is 0 Å². The number of rotatable bonds is 6. The first kappa shape index (κ1) is 19.2. The normalized spacial score (nSPS) is 14.3. The average Bonchev–Trinajstić information content (AvgIpc) is 2.67. The Morgan fingerprint density at radius 1 is 1.15 bits per heavy atom. The molecule has 0 saturated carbocycles. The van der Waals surface area contributed by atoms with Crippen LogP contribution in [0.1, 0.15) is 30.9 Å². The SMILES string of the molecule is Cc1cc(OCC(=O)Nc2ccc(N3CCOCC3)cc2)ccc1C(C)C.